The van der Waals surface area contributed by atoms with Crippen molar-refractivity contribution in [3.05, 3.63) is 84.4 Å². The standard InChI is InChI=1S/C27H26N4O2S/c1-19-14-20(2)26-24(15-19)29-27(34-26)31(12-5-11-30-13-10-28-18-30)25(32)17-33-23-9-8-21-6-3-4-7-22(21)16-23/h3-4,6-10,13-16,18H,5,11-12,17H2,1-2H3. The lowest BCUT2D eigenvalue weighted by molar-refractivity contribution is -0.120. The zero-order chi connectivity index (χ0) is 23.5. The summed E-state index contributed by atoms with van der Waals surface area (Å²) in [6.07, 6.45) is 6.27. The molecule has 0 radical (unpaired) electrons. The molecule has 0 aliphatic heterocycles. The number of aryl methyl sites for hydroxylation is 3. The molecule has 3 aromatic carbocycles. The van der Waals surface area contributed by atoms with Crippen LogP contribution in [0, 0.1) is 13.8 Å². The molecule has 2 aromatic heterocycles. The van der Waals surface area contributed by atoms with Crippen molar-refractivity contribution in [2.75, 3.05) is 18.1 Å². The monoisotopic (exact) mass is 470 g/mol. The fourth-order valence-corrected chi connectivity index (χ4v) is 5.18. The van der Waals surface area contributed by atoms with Crippen LogP contribution in [-0.2, 0) is 11.3 Å². The smallest absolute Gasteiger partial charge is 0.266 e. The van der Waals surface area contributed by atoms with Gasteiger partial charge in [0.05, 0.1) is 16.5 Å². The van der Waals surface area contributed by atoms with Gasteiger partial charge in [-0.2, -0.15) is 0 Å². The minimum Gasteiger partial charge on any atom is -0.484 e. The van der Waals surface area contributed by atoms with E-state index in [1.54, 1.807) is 28.8 Å². The number of hydrogen-bond donors (Lipinski definition) is 0. The molecule has 6 nitrogen and oxygen atoms in total. The third kappa shape index (κ3) is 4.79. The van der Waals surface area contributed by atoms with Crippen LogP contribution in [0.2, 0.25) is 0 Å². The molecule has 0 aliphatic rings. The summed E-state index contributed by atoms with van der Waals surface area (Å²) in [5.74, 6) is 0.577. The molecule has 0 atom stereocenters. The van der Waals surface area contributed by atoms with Gasteiger partial charge in [-0.25, -0.2) is 9.97 Å². The van der Waals surface area contributed by atoms with Crippen LogP contribution in [0.5, 0.6) is 5.75 Å². The topological polar surface area (TPSA) is 60.2 Å². The maximum absolute atomic E-state index is 13.4. The Bertz CT molecular complexity index is 1440. The Morgan fingerprint density at radius 3 is 2.76 bits per heavy atom. The third-order valence-electron chi connectivity index (χ3n) is 5.78. The van der Waals surface area contributed by atoms with Crippen molar-refractivity contribution in [2.45, 2.75) is 26.8 Å². The number of nitrogens with zero attached hydrogens (tertiary/aromatic N) is 4. The molecule has 0 saturated carbocycles. The van der Waals surface area contributed by atoms with E-state index in [9.17, 15) is 4.79 Å². The van der Waals surface area contributed by atoms with Gasteiger partial charge in [0.15, 0.2) is 11.7 Å². The molecule has 0 N–H and O–H groups in total. The number of benzene rings is 3. The Morgan fingerprint density at radius 2 is 1.94 bits per heavy atom. The zero-order valence-electron chi connectivity index (χ0n) is 19.3. The van der Waals surface area contributed by atoms with Crippen molar-refractivity contribution in [1.82, 2.24) is 14.5 Å². The second-order valence-electron chi connectivity index (χ2n) is 8.42. The van der Waals surface area contributed by atoms with E-state index < -0.39 is 0 Å². The number of amides is 1. The van der Waals surface area contributed by atoms with Gasteiger partial charge in [-0.05, 0) is 60.4 Å². The average Bonchev–Trinajstić information content (AvgIpc) is 3.50. The Balaban J connectivity index is 1.36. The molecule has 0 saturated heterocycles. The number of thiazole rings is 1. The summed E-state index contributed by atoms with van der Waals surface area (Å²) in [6, 6.07) is 18.2. The maximum atomic E-state index is 13.4. The number of anilines is 1. The highest BCUT2D eigenvalue weighted by Crippen LogP contribution is 2.32. The second kappa shape index (κ2) is 9.65. The van der Waals surface area contributed by atoms with Crippen molar-refractivity contribution in [3.63, 3.8) is 0 Å². The zero-order valence-corrected chi connectivity index (χ0v) is 20.1. The molecule has 172 valence electrons. The third-order valence-corrected chi connectivity index (χ3v) is 7.01. The van der Waals surface area contributed by atoms with E-state index in [0.717, 1.165) is 34.0 Å². The lowest BCUT2D eigenvalue weighted by atomic mass is 10.1. The molecule has 0 spiro atoms. The van der Waals surface area contributed by atoms with Gasteiger partial charge in [-0.15, -0.1) is 0 Å². The molecule has 0 aliphatic carbocycles. The molecule has 0 unspecified atom stereocenters. The van der Waals surface area contributed by atoms with Gasteiger partial charge in [0.1, 0.15) is 5.75 Å². The highest BCUT2D eigenvalue weighted by molar-refractivity contribution is 7.22. The van der Waals surface area contributed by atoms with Crippen LogP contribution in [0.4, 0.5) is 5.13 Å². The molecule has 7 heteroatoms. The Labute approximate surface area is 202 Å². The van der Waals surface area contributed by atoms with Crippen LogP contribution in [0.1, 0.15) is 17.5 Å². The van der Waals surface area contributed by atoms with Gasteiger partial charge in [0.25, 0.3) is 5.91 Å². The molecular weight excluding hydrogens is 444 g/mol. The number of carbonyl (C=O) groups is 1. The predicted octanol–water partition coefficient (Wildman–Crippen LogP) is 5.77. The van der Waals surface area contributed by atoms with E-state index >= 15 is 0 Å². The minimum absolute atomic E-state index is 0.0443. The van der Waals surface area contributed by atoms with E-state index in [4.69, 9.17) is 9.72 Å². The van der Waals surface area contributed by atoms with Crippen LogP contribution in [0.3, 0.4) is 0 Å². The van der Waals surface area contributed by atoms with Gasteiger partial charge in [0, 0.05) is 25.5 Å². The van der Waals surface area contributed by atoms with Crippen molar-refractivity contribution >= 4 is 43.4 Å². The number of carbonyl (C=O) groups excluding carboxylic acids is 1. The largest absolute Gasteiger partial charge is 0.484 e. The lowest BCUT2D eigenvalue weighted by Gasteiger charge is -2.20. The predicted molar refractivity (Wildman–Crippen MR) is 138 cm³/mol. The molecule has 5 rings (SSSR count). The fourth-order valence-electron chi connectivity index (χ4n) is 4.12. The quantitative estimate of drug-likeness (QED) is 0.289. The van der Waals surface area contributed by atoms with Crippen molar-refractivity contribution < 1.29 is 9.53 Å². The first kappa shape index (κ1) is 22.1. The molecule has 1 amide bonds. The maximum Gasteiger partial charge on any atom is 0.266 e. The SMILES string of the molecule is Cc1cc(C)c2sc(N(CCCn3ccnc3)C(=O)COc3ccc4ccccc4c3)nc2c1. The number of aromatic nitrogens is 3. The summed E-state index contributed by atoms with van der Waals surface area (Å²) in [5, 5.41) is 2.94. The fraction of sp³-hybridized carbons (Fsp3) is 0.222. The summed E-state index contributed by atoms with van der Waals surface area (Å²) < 4.78 is 9.05. The van der Waals surface area contributed by atoms with Crippen LogP contribution < -0.4 is 9.64 Å². The van der Waals surface area contributed by atoms with Crippen LogP contribution in [0.15, 0.2) is 73.3 Å². The molecule has 2 heterocycles. The van der Waals surface area contributed by atoms with Gasteiger partial charge in [-0.3, -0.25) is 9.69 Å². The van der Waals surface area contributed by atoms with Crippen molar-refractivity contribution in [2.24, 2.45) is 0 Å². The van der Waals surface area contributed by atoms with E-state index in [0.29, 0.717) is 17.4 Å². The summed E-state index contributed by atoms with van der Waals surface area (Å²) in [7, 11) is 0. The van der Waals surface area contributed by atoms with Gasteiger partial charge >= 0.3 is 0 Å². The Hall–Kier alpha value is -3.71. The van der Waals surface area contributed by atoms with E-state index in [1.807, 2.05) is 47.2 Å². The van der Waals surface area contributed by atoms with E-state index in [2.05, 4.69) is 37.0 Å². The number of ether oxygens (including phenoxy) is 1. The molecule has 5 aromatic rings. The summed E-state index contributed by atoms with van der Waals surface area (Å²) in [6.45, 7) is 5.44. The van der Waals surface area contributed by atoms with E-state index in [-0.39, 0.29) is 12.5 Å². The normalized spacial score (nSPS) is 11.2. The van der Waals surface area contributed by atoms with E-state index in [1.165, 1.54) is 11.1 Å². The number of imidazole rings is 1. The first-order valence-corrected chi connectivity index (χ1v) is 12.1. The highest BCUT2D eigenvalue weighted by Gasteiger charge is 2.21. The number of fused-ring (bicyclic) bond motifs is 2. The summed E-state index contributed by atoms with van der Waals surface area (Å²) in [5.41, 5.74) is 3.27. The van der Waals surface area contributed by atoms with Crippen molar-refractivity contribution in [3.8, 4) is 5.75 Å². The molecule has 0 bridgehead atoms. The number of hydrogen-bond acceptors (Lipinski definition) is 5. The number of rotatable bonds is 8. The van der Waals surface area contributed by atoms with Crippen LogP contribution in [-0.4, -0.2) is 33.6 Å². The minimum atomic E-state index is -0.104. The van der Waals surface area contributed by atoms with Gasteiger partial charge in [0.2, 0.25) is 0 Å². The molecule has 34 heavy (non-hydrogen) atoms. The van der Waals surface area contributed by atoms with Gasteiger partial charge < -0.3 is 9.30 Å². The first-order valence-electron chi connectivity index (χ1n) is 11.3. The summed E-state index contributed by atoms with van der Waals surface area (Å²) >= 11 is 1.56. The Morgan fingerprint density at radius 1 is 1.09 bits per heavy atom. The molecule has 0 fully saturated rings. The average molecular weight is 471 g/mol. The summed E-state index contributed by atoms with van der Waals surface area (Å²) in [4.78, 5) is 24.0. The second-order valence-corrected chi connectivity index (χ2v) is 9.40. The van der Waals surface area contributed by atoms with Crippen molar-refractivity contribution in [1.29, 1.82) is 0 Å². The Kier molecular flexibility index (Phi) is 6.27. The first-order chi connectivity index (χ1) is 16.6. The van der Waals surface area contributed by atoms with Crippen LogP contribution >= 0.6 is 11.3 Å². The molecular formula is C27H26N4O2S. The van der Waals surface area contributed by atoms with Gasteiger partial charge in [-0.1, -0.05) is 47.7 Å². The van der Waals surface area contributed by atoms with Crippen LogP contribution in [0.25, 0.3) is 21.0 Å². The lowest BCUT2D eigenvalue weighted by Crippen LogP contribution is -2.36. The highest BCUT2D eigenvalue weighted by atomic mass is 32.1.